The molecular weight excluding hydrogens is 208 g/mol. The van der Waals surface area contributed by atoms with Crippen LogP contribution in [0.3, 0.4) is 0 Å². The number of rotatable bonds is 7. The summed E-state index contributed by atoms with van der Waals surface area (Å²) in [4.78, 5) is 22.2. The fraction of sp³-hybridized carbons (Fsp3) is 0.500. The van der Waals surface area contributed by atoms with Gasteiger partial charge in [-0.05, 0) is 26.2 Å². The van der Waals surface area contributed by atoms with Gasteiger partial charge < -0.3 is 10.2 Å². The van der Waals surface area contributed by atoms with Crippen LogP contribution in [0.5, 0.6) is 0 Å². The zero-order chi connectivity index (χ0) is 12.6. The average molecular weight is 226 g/mol. The van der Waals surface area contributed by atoms with Crippen molar-refractivity contribution in [2.45, 2.75) is 33.1 Å². The van der Waals surface area contributed by atoms with E-state index in [1.165, 1.54) is 6.08 Å². The Balaban J connectivity index is 5.02. The zero-order valence-corrected chi connectivity index (χ0v) is 9.64. The SMILES string of the molecule is C/C=C/CCC(/C=C/CC)(C(=O)O)C(=O)O. The first-order valence-corrected chi connectivity index (χ1v) is 5.27. The first-order valence-electron chi connectivity index (χ1n) is 5.27. The van der Waals surface area contributed by atoms with Gasteiger partial charge in [-0.15, -0.1) is 0 Å². The molecule has 0 aliphatic heterocycles. The highest BCUT2D eigenvalue weighted by atomic mass is 16.4. The van der Waals surface area contributed by atoms with E-state index >= 15 is 0 Å². The molecule has 90 valence electrons. The summed E-state index contributed by atoms with van der Waals surface area (Å²) in [6.45, 7) is 3.64. The summed E-state index contributed by atoms with van der Waals surface area (Å²) in [5.41, 5.74) is -1.80. The molecule has 0 amide bonds. The fourth-order valence-corrected chi connectivity index (χ4v) is 1.33. The van der Waals surface area contributed by atoms with Crippen LogP contribution in [-0.2, 0) is 9.59 Å². The van der Waals surface area contributed by atoms with Crippen molar-refractivity contribution >= 4 is 11.9 Å². The molecule has 0 unspecified atom stereocenters. The lowest BCUT2D eigenvalue weighted by atomic mass is 9.82. The molecule has 2 N–H and O–H groups in total. The van der Waals surface area contributed by atoms with Gasteiger partial charge in [-0.3, -0.25) is 9.59 Å². The molecule has 0 radical (unpaired) electrons. The molecule has 0 heterocycles. The number of carboxylic acid groups (broad SMARTS) is 2. The number of hydrogen-bond acceptors (Lipinski definition) is 2. The number of carbonyl (C=O) groups is 2. The third-order valence-electron chi connectivity index (χ3n) is 2.34. The van der Waals surface area contributed by atoms with Gasteiger partial charge in [-0.1, -0.05) is 31.2 Å². The quantitative estimate of drug-likeness (QED) is 0.516. The molecule has 0 aromatic rings. The Kier molecular flexibility index (Phi) is 6.15. The molecule has 0 aliphatic rings. The van der Waals surface area contributed by atoms with E-state index < -0.39 is 17.4 Å². The Hall–Kier alpha value is -1.58. The predicted molar refractivity (Wildman–Crippen MR) is 61.2 cm³/mol. The Morgan fingerprint density at radius 3 is 2.12 bits per heavy atom. The molecule has 0 bridgehead atoms. The van der Waals surface area contributed by atoms with Crippen LogP contribution in [0, 0.1) is 5.41 Å². The standard InChI is InChI=1S/C12H18O4/c1-3-5-7-9-12(10(13)14,11(15)16)8-6-4-2/h3,5-6,8H,4,7,9H2,1-2H3,(H,13,14)(H,15,16)/b5-3+,8-6+. The van der Waals surface area contributed by atoms with E-state index in [0.29, 0.717) is 12.8 Å². The zero-order valence-electron chi connectivity index (χ0n) is 9.64. The Morgan fingerprint density at radius 2 is 1.75 bits per heavy atom. The van der Waals surface area contributed by atoms with E-state index in [9.17, 15) is 9.59 Å². The molecule has 0 aromatic carbocycles. The largest absolute Gasteiger partial charge is 0.480 e. The molecule has 0 saturated carbocycles. The highest BCUT2D eigenvalue weighted by molar-refractivity contribution is 6.00. The van der Waals surface area contributed by atoms with Gasteiger partial charge in [0.05, 0.1) is 0 Å². The lowest BCUT2D eigenvalue weighted by Gasteiger charge is -2.20. The average Bonchev–Trinajstić information content (AvgIpc) is 2.22. The Labute approximate surface area is 95.3 Å². The molecular formula is C12H18O4. The minimum absolute atomic E-state index is 0.0680. The van der Waals surface area contributed by atoms with Gasteiger partial charge in [0, 0.05) is 0 Å². The van der Waals surface area contributed by atoms with Crippen LogP contribution in [0.4, 0.5) is 0 Å². The monoisotopic (exact) mass is 226 g/mol. The summed E-state index contributed by atoms with van der Waals surface area (Å²) < 4.78 is 0. The van der Waals surface area contributed by atoms with E-state index in [4.69, 9.17) is 10.2 Å². The van der Waals surface area contributed by atoms with Crippen molar-refractivity contribution in [3.8, 4) is 0 Å². The summed E-state index contributed by atoms with van der Waals surface area (Å²) in [5, 5.41) is 18.1. The topological polar surface area (TPSA) is 74.6 Å². The maximum absolute atomic E-state index is 11.1. The molecule has 0 aromatic heterocycles. The fourth-order valence-electron chi connectivity index (χ4n) is 1.33. The van der Waals surface area contributed by atoms with Crippen molar-refractivity contribution in [2.75, 3.05) is 0 Å². The van der Waals surface area contributed by atoms with Crippen LogP contribution < -0.4 is 0 Å². The highest BCUT2D eigenvalue weighted by Gasteiger charge is 2.43. The molecule has 0 saturated heterocycles. The van der Waals surface area contributed by atoms with Crippen molar-refractivity contribution in [3.05, 3.63) is 24.3 Å². The van der Waals surface area contributed by atoms with E-state index in [-0.39, 0.29) is 6.42 Å². The molecule has 0 fully saturated rings. The Morgan fingerprint density at radius 1 is 1.19 bits per heavy atom. The van der Waals surface area contributed by atoms with Crippen LogP contribution in [0.15, 0.2) is 24.3 Å². The van der Waals surface area contributed by atoms with Gasteiger partial charge >= 0.3 is 11.9 Å². The third-order valence-corrected chi connectivity index (χ3v) is 2.34. The van der Waals surface area contributed by atoms with Gasteiger partial charge in [0.15, 0.2) is 5.41 Å². The first-order chi connectivity index (χ1) is 7.51. The number of hydrogen-bond donors (Lipinski definition) is 2. The van der Waals surface area contributed by atoms with Crippen molar-refractivity contribution in [2.24, 2.45) is 5.41 Å². The normalized spacial score (nSPS) is 12.4. The van der Waals surface area contributed by atoms with Crippen LogP contribution >= 0.6 is 0 Å². The molecule has 0 atom stereocenters. The van der Waals surface area contributed by atoms with Crippen LogP contribution in [0.25, 0.3) is 0 Å². The molecule has 0 rings (SSSR count). The summed E-state index contributed by atoms with van der Waals surface area (Å²) in [5.74, 6) is -2.62. The minimum atomic E-state index is -1.80. The first kappa shape index (κ1) is 14.4. The van der Waals surface area contributed by atoms with Crippen LogP contribution in [0.2, 0.25) is 0 Å². The second-order valence-electron chi connectivity index (χ2n) is 3.50. The van der Waals surface area contributed by atoms with Gasteiger partial charge in [-0.25, -0.2) is 0 Å². The van der Waals surface area contributed by atoms with Gasteiger partial charge in [-0.2, -0.15) is 0 Å². The van der Waals surface area contributed by atoms with E-state index in [1.807, 2.05) is 13.8 Å². The van der Waals surface area contributed by atoms with E-state index in [0.717, 1.165) is 0 Å². The van der Waals surface area contributed by atoms with Crippen molar-refractivity contribution in [1.29, 1.82) is 0 Å². The maximum atomic E-state index is 11.1. The number of allylic oxidation sites excluding steroid dienone is 3. The summed E-state index contributed by atoms with van der Waals surface area (Å²) in [7, 11) is 0. The molecule has 16 heavy (non-hydrogen) atoms. The lowest BCUT2D eigenvalue weighted by Crippen LogP contribution is -2.37. The van der Waals surface area contributed by atoms with Crippen molar-refractivity contribution in [1.82, 2.24) is 0 Å². The summed E-state index contributed by atoms with van der Waals surface area (Å²) in [6, 6.07) is 0. The van der Waals surface area contributed by atoms with E-state index in [1.54, 1.807) is 18.2 Å². The smallest absolute Gasteiger partial charge is 0.324 e. The third kappa shape index (κ3) is 3.53. The van der Waals surface area contributed by atoms with Gasteiger partial charge in [0.25, 0.3) is 0 Å². The summed E-state index contributed by atoms with van der Waals surface area (Å²) >= 11 is 0. The van der Waals surface area contributed by atoms with Crippen molar-refractivity contribution in [3.63, 3.8) is 0 Å². The molecule has 4 nitrogen and oxygen atoms in total. The minimum Gasteiger partial charge on any atom is -0.480 e. The molecule has 0 spiro atoms. The summed E-state index contributed by atoms with van der Waals surface area (Å²) in [6.07, 6.45) is 7.52. The van der Waals surface area contributed by atoms with Crippen molar-refractivity contribution < 1.29 is 19.8 Å². The predicted octanol–water partition coefficient (Wildman–Crippen LogP) is 2.46. The van der Waals surface area contributed by atoms with Gasteiger partial charge in [0.2, 0.25) is 0 Å². The second kappa shape index (κ2) is 6.82. The lowest BCUT2D eigenvalue weighted by molar-refractivity contribution is -0.161. The van der Waals surface area contributed by atoms with E-state index in [2.05, 4.69) is 0 Å². The maximum Gasteiger partial charge on any atom is 0.324 e. The number of carboxylic acids is 2. The second-order valence-corrected chi connectivity index (χ2v) is 3.50. The molecule has 0 aliphatic carbocycles. The Bertz CT molecular complexity index is 288. The van der Waals surface area contributed by atoms with Crippen LogP contribution in [0.1, 0.15) is 33.1 Å². The highest BCUT2D eigenvalue weighted by Crippen LogP contribution is 2.27. The van der Waals surface area contributed by atoms with Crippen LogP contribution in [-0.4, -0.2) is 22.2 Å². The number of aliphatic carboxylic acids is 2. The molecule has 4 heteroatoms. The van der Waals surface area contributed by atoms with Gasteiger partial charge in [0.1, 0.15) is 0 Å².